The summed E-state index contributed by atoms with van der Waals surface area (Å²) in [6.45, 7) is 1.70. The van der Waals surface area contributed by atoms with Gasteiger partial charge in [-0.1, -0.05) is 48.5 Å². The Balaban J connectivity index is 1.35. The van der Waals surface area contributed by atoms with E-state index in [1.165, 1.54) is 22.3 Å². The number of benzene rings is 2. The van der Waals surface area contributed by atoms with Gasteiger partial charge in [0, 0.05) is 25.0 Å². The fourth-order valence-electron chi connectivity index (χ4n) is 4.05. The van der Waals surface area contributed by atoms with Crippen LogP contribution in [-0.2, 0) is 30.6 Å². The minimum atomic E-state index is 0.101. The molecule has 1 aliphatic carbocycles. The van der Waals surface area contributed by atoms with Crippen LogP contribution in [0.3, 0.4) is 0 Å². The van der Waals surface area contributed by atoms with Gasteiger partial charge >= 0.3 is 0 Å². The average Bonchev–Trinajstić information content (AvgIpc) is 3.04. The number of rotatable bonds is 3. The third-order valence-electron chi connectivity index (χ3n) is 5.55. The van der Waals surface area contributed by atoms with E-state index < -0.39 is 0 Å². The molecule has 4 rings (SSSR count). The summed E-state index contributed by atoms with van der Waals surface area (Å²) in [5.74, 6) is 0.307. The Kier molecular flexibility index (Phi) is 4.11. The third-order valence-corrected chi connectivity index (χ3v) is 5.55. The Hall–Kier alpha value is -2.13. The molecule has 1 atom stereocenters. The highest BCUT2D eigenvalue weighted by Crippen LogP contribution is 2.27. The topological polar surface area (TPSA) is 32.3 Å². The van der Waals surface area contributed by atoms with Crippen LogP contribution in [0, 0.1) is 5.92 Å². The van der Waals surface area contributed by atoms with E-state index in [9.17, 15) is 4.79 Å². The van der Waals surface area contributed by atoms with E-state index in [0.717, 1.165) is 32.4 Å². The minimum absolute atomic E-state index is 0.101. The highest BCUT2D eigenvalue weighted by molar-refractivity contribution is 5.80. The second-order valence-corrected chi connectivity index (χ2v) is 7.16. The second kappa shape index (κ2) is 6.40. The average molecular weight is 320 g/mol. The Morgan fingerprint density at radius 2 is 1.50 bits per heavy atom. The number of likely N-dealkylation sites (N-methyl/N-ethyl adjacent to an activating group) is 1. The summed E-state index contributed by atoms with van der Waals surface area (Å²) in [7, 11) is 2.15. The Bertz CT molecular complexity index is 730. The molecule has 1 unspecified atom stereocenters. The lowest BCUT2D eigenvalue weighted by Crippen LogP contribution is -2.46. The van der Waals surface area contributed by atoms with Gasteiger partial charge in [0.2, 0.25) is 5.91 Å². The minimum Gasteiger partial charge on any atom is -0.354 e. The lowest BCUT2D eigenvalue weighted by molar-refractivity contribution is -0.125. The maximum Gasteiger partial charge on any atom is 0.223 e. The van der Waals surface area contributed by atoms with Crippen LogP contribution in [-0.4, -0.2) is 30.4 Å². The first-order valence-corrected chi connectivity index (χ1v) is 8.82. The summed E-state index contributed by atoms with van der Waals surface area (Å²) in [6, 6.07) is 17.4. The Morgan fingerprint density at radius 1 is 0.958 bits per heavy atom. The molecule has 3 heteroatoms. The van der Waals surface area contributed by atoms with Crippen molar-refractivity contribution in [2.75, 3.05) is 13.6 Å². The molecule has 2 aromatic carbocycles. The van der Waals surface area contributed by atoms with Crippen LogP contribution in [0.1, 0.15) is 22.3 Å². The molecule has 2 aliphatic rings. The van der Waals surface area contributed by atoms with Crippen LogP contribution in [0.4, 0.5) is 0 Å². The van der Waals surface area contributed by atoms with Gasteiger partial charge in [-0.25, -0.2) is 0 Å². The molecular formula is C21H24N2O. The molecule has 1 N–H and O–H groups in total. The van der Waals surface area contributed by atoms with Gasteiger partial charge in [0.15, 0.2) is 0 Å². The number of carbonyl (C=O) groups is 1. The maximum atomic E-state index is 12.6. The zero-order valence-corrected chi connectivity index (χ0v) is 14.2. The Labute approximate surface area is 143 Å². The molecule has 1 heterocycles. The van der Waals surface area contributed by atoms with E-state index in [2.05, 4.69) is 65.8 Å². The zero-order valence-electron chi connectivity index (χ0n) is 14.2. The first-order valence-electron chi connectivity index (χ1n) is 8.82. The molecule has 124 valence electrons. The van der Waals surface area contributed by atoms with E-state index in [4.69, 9.17) is 0 Å². The SMILES string of the molecule is CN1Cc2ccccc2CC1CNC(=O)C1Cc2ccccc2C1. The van der Waals surface area contributed by atoms with Gasteiger partial charge in [-0.3, -0.25) is 9.69 Å². The molecule has 0 aromatic heterocycles. The first-order chi connectivity index (χ1) is 11.7. The van der Waals surface area contributed by atoms with E-state index in [1.54, 1.807) is 0 Å². The summed E-state index contributed by atoms with van der Waals surface area (Å²) in [4.78, 5) is 14.9. The number of fused-ring (bicyclic) bond motifs is 2. The van der Waals surface area contributed by atoms with Crippen molar-refractivity contribution in [1.29, 1.82) is 0 Å². The lowest BCUT2D eigenvalue weighted by Gasteiger charge is -2.34. The molecule has 3 nitrogen and oxygen atoms in total. The number of hydrogen-bond donors (Lipinski definition) is 1. The molecule has 0 bridgehead atoms. The van der Waals surface area contributed by atoms with Gasteiger partial charge < -0.3 is 5.32 Å². The first kappa shape index (κ1) is 15.4. The van der Waals surface area contributed by atoms with Gasteiger partial charge in [0.25, 0.3) is 0 Å². The molecule has 0 radical (unpaired) electrons. The van der Waals surface area contributed by atoms with Crippen molar-refractivity contribution in [3.8, 4) is 0 Å². The van der Waals surface area contributed by atoms with Crippen LogP contribution >= 0.6 is 0 Å². The summed E-state index contributed by atoms with van der Waals surface area (Å²) < 4.78 is 0. The molecule has 0 fully saturated rings. The second-order valence-electron chi connectivity index (χ2n) is 7.16. The molecule has 0 saturated heterocycles. The van der Waals surface area contributed by atoms with Crippen molar-refractivity contribution in [2.24, 2.45) is 5.92 Å². The predicted molar refractivity (Wildman–Crippen MR) is 95.8 cm³/mol. The fraction of sp³-hybridized carbons (Fsp3) is 0.381. The number of nitrogens with zero attached hydrogens (tertiary/aromatic N) is 1. The van der Waals surface area contributed by atoms with Crippen molar-refractivity contribution in [3.63, 3.8) is 0 Å². The van der Waals surface area contributed by atoms with Gasteiger partial charge in [0.05, 0.1) is 0 Å². The van der Waals surface area contributed by atoms with Crippen molar-refractivity contribution in [3.05, 3.63) is 70.8 Å². The van der Waals surface area contributed by atoms with E-state index in [1.807, 2.05) is 0 Å². The van der Waals surface area contributed by atoms with Gasteiger partial charge in [-0.05, 0) is 48.6 Å². The van der Waals surface area contributed by atoms with Crippen LogP contribution in [0.15, 0.2) is 48.5 Å². The van der Waals surface area contributed by atoms with Crippen LogP contribution in [0.2, 0.25) is 0 Å². The highest BCUT2D eigenvalue weighted by atomic mass is 16.1. The van der Waals surface area contributed by atoms with Gasteiger partial charge in [-0.2, -0.15) is 0 Å². The number of hydrogen-bond acceptors (Lipinski definition) is 2. The number of nitrogens with one attached hydrogen (secondary N) is 1. The normalized spacial score (nSPS) is 20.5. The molecule has 24 heavy (non-hydrogen) atoms. The van der Waals surface area contributed by atoms with E-state index >= 15 is 0 Å². The number of amides is 1. The molecule has 0 saturated carbocycles. The molecular weight excluding hydrogens is 296 g/mol. The van der Waals surface area contributed by atoms with Crippen LogP contribution in [0.25, 0.3) is 0 Å². The Morgan fingerprint density at radius 3 is 2.12 bits per heavy atom. The van der Waals surface area contributed by atoms with Crippen LogP contribution in [0.5, 0.6) is 0 Å². The predicted octanol–water partition coefficient (Wildman–Crippen LogP) is 2.57. The molecule has 1 aliphatic heterocycles. The summed E-state index contributed by atoms with van der Waals surface area (Å²) in [6.07, 6.45) is 2.77. The smallest absolute Gasteiger partial charge is 0.223 e. The van der Waals surface area contributed by atoms with E-state index in [-0.39, 0.29) is 11.8 Å². The van der Waals surface area contributed by atoms with E-state index in [0.29, 0.717) is 6.04 Å². The summed E-state index contributed by atoms with van der Waals surface area (Å²) in [5, 5.41) is 3.21. The quantitative estimate of drug-likeness (QED) is 0.943. The summed E-state index contributed by atoms with van der Waals surface area (Å²) in [5.41, 5.74) is 5.50. The van der Waals surface area contributed by atoms with Gasteiger partial charge in [-0.15, -0.1) is 0 Å². The highest BCUT2D eigenvalue weighted by Gasteiger charge is 2.28. The van der Waals surface area contributed by atoms with Crippen molar-refractivity contribution in [2.45, 2.75) is 31.8 Å². The maximum absolute atomic E-state index is 12.6. The molecule has 1 amide bonds. The molecule has 0 spiro atoms. The fourth-order valence-corrected chi connectivity index (χ4v) is 4.05. The zero-order chi connectivity index (χ0) is 16.5. The third kappa shape index (κ3) is 2.96. The van der Waals surface area contributed by atoms with Crippen molar-refractivity contribution >= 4 is 5.91 Å². The standard InChI is InChI=1S/C21H24N2O/c1-23-14-18-9-5-4-8-17(18)12-20(23)13-22-21(24)19-10-15-6-2-3-7-16(15)11-19/h2-9,19-20H,10-14H2,1H3,(H,22,24). The largest absolute Gasteiger partial charge is 0.354 e. The van der Waals surface area contributed by atoms with Gasteiger partial charge in [0.1, 0.15) is 0 Å². The van der Waals surface area contributed by atoms with Crippen LogP contribution < -0.4 is 5.32 Å². The monoisotopic (exact) mass is 320 g/mol. The molecule has 2 aromatic rings. The van der Waals surface area contributed by atoms with Crippen molar-refractivity contribution < 1.29 is 4.79 Å². The van der Waals surface area contributed by atoms with Crippen molar-refractivity contribution in [1.82, 2.24) is 10.2 Å². The number of carbonyl (C=O) groups excluding carboxylic acids is 1. The summed E-state index contributed by atoms with van der Waals surface area (Å²) >= 11 is 0. The lowest BCUT2D eigenvalue weighted by atomic mass is 9.94.